The zero-order valence-corrected chi connectivity index (χ0v) is 14.9. The monoisotopic (exact) mass is 359 g/mol. The fourth-order valence-electron chi connectivity index (χ4n) is 4.11. The maximum atomic E-state index is 12.7. The minimum Gasteiger partial charge on any atom is -0.451 e. The first-order valence-corrected chi connectivity index (χ1v) is 9.11. The van der Waals surface area contributed by atoms with Crippen molar-refractivity contribution in [3.05, 3.63) is 41.1 Å². The number of furan rings is 1. The van der Waals surface area contributed by atoms with Crippen LogP contribution in [0.2, 0.25) is 5.02 Å². The number of carbonyl (C=O) groups is 1. The van der Waals surface area contributed by atoms with E-state index in [4.69, 9.17) is 21.8 Å². The summed E-state index contributed by atoms with van der Waals surface area (Å²) in [4.78, 5) is 15.1. The molecule has 3 saturated heterocycles. The zero-order valence-electron chi connectivity index (χ0n) is 14.2. The molecular weight excluding hydrogens is 338 g/mol. The smallest absolute Gasteiger partial charge is 0.287 e. The molecule has 1 aromatic carbocycles. The summed E-state index contributed by atoms with van der Waals surface area (Å²) in [5.74, 6) is 1.24. The van der Waals surface area contributed by atoms with E-state index in [1.807, 2.05) is 12.1 Å². The average molecular weight is 360 g/mol. The van der Waals surface area contributed by atoms with Crippen LogP contribution in [-0.2, 0) is 0 Å². The van der Waals surface area contributed by atoms with Crippen molar-refractivity contribution in [3.8, 4) is 11.3 Å². The predicted molar refractivity (Wildman–Crippen MR) is 98.6 cm³/mol. The van der Waals surface area contributed by atoms with E-state index < -0.39 is 0 Å². The second-order valence-corrected chi connectivity index (χ2v) is 7.36. The number of hydrogen-bond donors (Lipinski definition) is 2. The summed E-state index contributed by atoms with van der Waals surface area (Å²) >= 11 is 6.24. The molecule has 4 heterocycles. The molecule has 2 atom stereocenters. The first-order chi connectivity index (χ1) is 12.0. The van der Waals surface area contributed by atoms with Gasteiger partial charge in [-0.05, 0) is 63.0 Å². The molecule has 25 heavy (non-hydrogen) atoms. The Labute approximate surface area is 152 Å². The molecule has 2 bridgehead atoms. The lowest BCUT2D eigenvalue weighted by atomic mass is 9.79. The molecule has 0 saturated carbocycles. The fourth-order valence-corrected chi connectivity index (χ4v) is 4.33. The molecule has 2 aromatic rings. The average Bonchev–Trinajstić information content (AvgIpc) is 3.11. The Morgan fingerprint density at radius 3 is 2.76 bits per heavy atom. The van der Waals surface area contributed by atoms with Crippen LogP contribution in [-0.4, -0.2) is 36.0 Å². The number of nitrogens with one attached hydrogen (secondary N) is 1. The molecule has 3 aliphatic rings. The Kier molecular flexibility index (Phi) is 4.21. The van der Waals surface area contributed by atoms with Gasteiger partial charge >= 0.3 is 0 Å². The Morgan fingerprint density at radius 1 is 1.28 bits per heavy atom. The molecule has 0 spiro atoms. The third-order valence-electron chi connectivity index (χ3n) is 5.60. The molecule has 0 radical (unpaired) electrons. The molecule has 1 aromatic heterocycles. The van der Waals surface area contributed by atoms with Gasteiger partial charge < -0.3 is 15.5 Å². The number of anilines is 1. The lowest BCUT2D eigenvalue weighted by Gasteiger charge is -2.49. The number of amides is 1. The van der Waals surface area contributed by atoms with E-state index in [0.717, 1.165) is 25.9 Å². The van der Waals surface area contributed by atoms with Crippen LogP contribution in [0.3, 0.4) is 0 Å². The lowest BCUT2D eigenvalue weighted by Crippen LogP contribution is -2.62. The van der Waals surface area contributed by atoms with Crippen LogP contribution >= 0.6 is 11.6 Å². The number of benzene rings is 1. The zero-order chi connectivity index (χ0) is 17.6. The molecule has 0 aliphatic carbocycles. The van der Waals surface area contributed by atoms with E-state index >= 15 is 0 Å². The van der Waals surface area contributed by atoms with Crippen LogP contribution in [0.15, 0.2) is 34.7 Å². The van der Waals surface area contributed by atoms with Gasteiger partial charge in [0.15, 0.2) is 5.76 Å². The second kappa shape index (κ2) is 6.39. The first kappa shape index (κ1) is 16.5. The van der Waals surface area contributed by atoms with E-state index in [2.05, 4.69) is 17.1 Å². The quantitative estimate of drug-likeness (QED) is 0.824. The molecule has 6 heteroatoms. The van der Waals surface area contributed by atoms with Crippen LogP contribution in [0.4, 0.5) is 5.69 Å². The van der Waals surface area contributed by atoms with Gasteiger partial charge in [0.2, 0.25) is 0 Å². The van der Waals surface area contributed by atoms with Gasteiger partial charge in [0.25, 0.3) is 5.91 Å². The van der Waals surface area contributed by atoms with Crippen molar-refractivity contribution >= 4 is 23.2 Å². The molecule has 3 N–H and O–H groups in total. The summed E-state index contributed by atoms with van der Waals surface area (Å²) in [5, 5.41) is 3.61. The lowest BCUT2D eigenvalue weighted by molar-refractivity contribution is 0.0211. The number of hydrogen-bond acceptors (Lipinski definition) is 4. The largest absolute Gasteiger partial charge is 0.451 e. The summed E-state index contributed by atoms with van der Waals surface area (Å²) in [6, 6.07) is 9.37. The van der Waals surface area contributed by atoms with Gasteiger partial charge in [-0.2, -0.15) is 0 Å². The van der Waals surface area contributed by atoms with Gasteiger partial charge in [-0.1, -0.05) is 17.7 Å². The van der Waals surface area contributed by atoms with Crippen LogP contribution in [0.1, 0.15) is 30.3 Å². The molecule has 3 fully saturated rings. The molecule has 5 rings (SSSR count). The Balaban J connectivity index is 1.52. The first-order valence-electron chi connectivity index (χ1n) is 8.73. The van der Waals surface area contributed by atoms with Crippen molar-refractivity contribution in [2.75, 3.05) is 18.8 Å². The van der Waals surface area contributed by atoms with Gasteiger partial charge in [0.05, 0.1) is 10.7 Å². The summed E-state index contributed by atoms with van der Waals surface area (Å²) in [5.41, 5.74) is 7.02. The highest BCUT2D eigenvalue weighted by Crippen LogP contribution is 2.34. The Hall–Kier alpha value is -1.98. The van der Waals surface area contributed by atoms with Crippen LogP contribution < -0.4 is 11.1 Å². The van der Waals surface area contributed by atoms with Crippen LogP contribution in [0.25, 0.3) is 11.3 Å². The minimum atomic E-state index is -0.170. The summed E-state index contributed by atoms with van der Waals surface area (Å²) in [6.07, 6.45) is 2.30. The topological polar surface area (TPSA) is 71.5 Å². The third kappa shape index (κ3) is 2.92. The number of carbonyl (C=O) groups excluding carboxylic acids is 1. The van der Waals surface area contributed by atoms with Gasteiger partial charge in [-0.15, -0.1) is 0 Å². The number of fused-ring (bicyclic) bond motifs is 3. The van der Waals surface area contributed by atoms with E-state index in [1.165, 1.54) is 0 Å². The molecule has 132 valence electrons. The molecule has 1 amide bonds. The van der Waals surface area contributed by atoms with E-state index in [-0.39, 0.29) is 11.9 Å². The van der Waals surface area contributed by atoms with Gasteiger partial charge in [0, 0.05) is 17.6 Å². The second-order valence-electron chi connectivity index (χ2n) is 6.99. The highest BCUT2D eigenvalue weighted by molar-refractivity contribution is 6.35. The van der Waals surface area contributed by atoms with Crippen molar-refractivity contribution in [2.24, 2.45) is 5.92 Å². The number of piperidine rings is 3. The van der Waals surface area contributed by atoms with Crippen molar-refractivity contribution in [2.45, 2.75) is 31.8 Å². The third-order valence-corrected chi connectivity index (χ3v) is 6.02. The number of nitrogen functional groups attached to an aromatic ring is 1. The molecule has 0 unspecified atom stereocenters. The van der Waals surface area contributed by atoms with Gasteiger partial charge in [-0.3, -0.25) is 9.69 Å². The van der Waals surface area contributed by atoms with Crippen LogP contribution in [0.5, 0.6) is 0 Å². The maximum Gasteiger partial charge on any atom is 0.287 e. The number of nitrogens with zero attached hydrogens (tertiary/aromatic N) is 1. The molecule has 3 aliphatic heterocycles. The minimum absolute atomic E-state index is 0.170. The Morgan fingerprint density at radius 2 is 2.04 bits per heavy atom. The summed E-state index contributed by atoms with van der Waals surface area (Å²) in [6.45, 7) is 4.46. The van der Waals surface area contributed by atoms with E-state index in [9.17, 15) is 4.79 Å². The fraction of sp³-hybridized carbons (Fsp3) is 0.421. The van der Waals surface area contributed by atoms with Gasteiger partial charge in [0.1, 0.15) is 5.76 Å². The maximum absolute atomic E-state index is 12.7. The Bertz CT molecular complexity index is 794. The molecule has 5 nitrogen and oxygen atoms in total. The highest BCUT2D eigenvalue weighted by Gasteiger charge is 2.40. The van der Waals surface area contributed by atoms with Crippen molar-refractivity contribution in [1.82, 2.24) is 10.2 Å². The highest BCUT2D eigenvalue weighted by atomic mass is 35.5. The van der Waals surface area contributed by atoms with Crippen molar-refractivity contribution in [3.63, 3.8) is 0 Å². The summed E-state index contributed by atoms with van der Waals surface area (Å²) < 4.78 is 5.76. The van der Waals surface area contributed by atoms with Crippen LogP contribution in [0, 0.1) is 5.92 Å². The van der Waals surface area contributed by atoms with Crippen molar-refractivity contribution in [1.29, 1.82) is 0 Å². The number of rotatable bonds is 3. The summed E-state index contributed by atoms with van der Waals surface area (Å²) in [7, 11) is 0. The number of nitrogens with two attached hydrogens (primary N) is 1. The SMILES string of the molecule is C[C@H]1[C@H](NC(=O)c2ccc(-c3cccc(N)c3Cl)o2)C2CCN1CC2. The van der Waals surface area contributed by atoms with E-state index in [0.29, 0.717) is 39.8 Å². The number of halogens is 1. The standard InChI is InChI=1S/C19H22ClN3O2/c1-11-18(12-7-9-23(11)10-8-12)22-19(24)16-6-5-15(25-16)13-3-2-4-14(21)17(13)20/h2-6,11-12,18H,7-10,21H2,1H3,(H,22,24)/t11-,18-/m0/s1. The normalized spacial score (nSPS) is 28.1. The molecular formula is C19H22ClN3O2. The van der Waals surface area contributed by atoms with Crippen molar-refractivity contribution < 1.29 is 9.21 Å². The predicted octanol–water partition coefficient (Wildman–Crippen LogP) is 3.39. The van der Waals surface area contributed by atoms with E-state index in [1.54, 1.807) is 18.2 Å². The van der Waals surface area contributed by atoms with Gasteiger partial charge in [-0.25, -0.2) is 0 Å².